The van der Waals surface area contributed by atoms with E-state index in [0.717, 1.165) is 32.7 Å². The first-order valence-corrected chi connectivity index (χ1v) is 15.4. The molecule has 1 radical (unpaired) electrons. The van der Waals surface area contributed by atoms with Crippen LogP contribution < -0.4 is 0 Å². The molecule has 239 valence electrons. The topological polar surface area (TPSA) is 38.9 Å². The van der Waals surface area contributed by atoms with Crippen LogP contribution >= 0.6 is 0 Å². The number of pyridine rings is 2. The number of fused-ring (bicyclic) bond motifs is 6. The number of hydrogen-bond donors (Lipinski definition) is 0. The molecule has 9 aromatic rings. The van der Waals surface area contributed by atoms with Crippen LogP contribution in [-0.4, -0.2) is 9.97 Å². The van der Waals surface area contributed by atoms with Crippen molar-refractivity contribution in [1.29, 1.82) is 0 Å². The molecule has 0 bridgehead atoms. The van der Waals surface area contributed by atoms with Crippen LogP contribution in [0.5, 0.6) is 0 Å². The third-order valence-electron chi connectivity index (χ3n) is 8.39. The third-order valence-corrected chi connectivity index (χ3v) is 8.39. The molecular weight excluding hydrogens is 777 g/mol. The Labute approximate surface area is 312 Å². The van der Waals surface area contributed by atoms with E-state index in [9.17, 15) is 0 Å². The summed E-state index contributed by atoms with van der Waals surface area (Å²) in [6, 6.07) is 45.5. The number of nitrogens with zero attached hydrogens (tertiary/aromatic N) is 2. The summed E-state index contributed by atoms with van der Waals surface area (Å²) in [6.07, 6.45) is 2.84. The minimum absolute atomic E-state index is 0. The van der Waals surface area contributed by atoms with Gasteiger partial charge in [0.2, 0.25) is 0 Å². The fourth-order valence-corrected chi connectivity index (χ4v) is 6.05. The van der Waals surface area contributed by atoms with E-state index >= 15 is 0 Å². The minimum Gasteiger partial charge on any atom is -0.501 e. The van der Waals surface area contributed by atoms with Crippen LogP contribution in [0.2, 0.25) is 0 Å². The molecule has 0 spiro atoms. The SMILES string of the molecule is [2H]C([2H])([2H])c1ccc(-c2[c-]cc(C([2H])([2H])[2H])c(-c3ccccc3)c2)nc1.[2H]C([2H])([2H])c1ccnc(-c2[c-]ccc3c2oc2cc4c(ccc5ccccc54)cc23)c1.[Ir]. The number of rotatable bonds is 3. The number of furan rings is 1. The van der Waals surface area contributed by atoms with Gasteiger partial charge >= 0.3 is 0 Å². The van der Waals surface area contributed by atoms with Crippen LogP contribution in [0.25, 0.3) is 77.1 Å². The van der Waals surface area contributed by atoms with Crippen LogP contribution in [0, 0.1) is 32.7 Å². The van der Waals surface area contributed by atoms with Crippen molar-refractivity contribution in [2.75, 3.05) is 0 Å². The molecule has 6 aromatic carbocycles. The summed E-state index contributed by atoms with van der Waals surface area (Å²) < 4.78 is 75.0. The molecule has 0 unspecified atom stereocenters. The van der Waals surface area contributed by atoms with Crippen molar-refractivity contribution >= 4 is 43.5 Å². The van der Waals surface area contributed by atoms with Crippen molar-refractivity contribution in [3.63, 3.8) is 0 Å². The van der Waals surface area contributed by atoms with Gasteiger partial charge in [0.1, 0.15) is 5.58 Å². The second kappa shape index (κ2) is 13.6. The Morgan fingerprint density at radius 2 is 1.49 bits per heavy atom. The number of hydrogen-bond acceptors (Lipinski definition) is 3. The molecule has 0 saturated heterocycles. The van der Waals surface area contributed by atoms with E-state index < -0.39 is 20.6 Å². The molecule has 0 aliphatic heterocycles. The second-order valence-electron chi connectivity index (χ2n) is 11.5. The molecular formula is C45H32IrN2O-2. The molecule has 0 atom stereocenters. The van der Waals surface area contributed by atoms with Gasteiger partial charge in [0.15, 0.2) is 0 Å². The van der Waals surface area contributed by atoms with Gasteiger partial charge in [-0.25, -0.2) is 0 Å². The smallest absolute Gasteiger partial charge is 0.121 e. The summed E-state index contributed by atoms with van der Waals surface area (Å²) in [5.41, 5.74) is 5.77. The zero-order valence-corrected chi connectivity index (χ0v) is 28.3. The maximum Gasteiger partial charge on any atom is 0.121 e. The first kappa shape index (κ1) is 23.0. The fraction of sp³-hybridized carbons (Fsp3) is 0.0667. The summed E-state index contributed by atoms with van der Waals surface area (Å²) in [7, 11) is 0. The van der Waals surface area contributed by atoms with Crippen molar-refractivity contribution in [2.45, 2.75) is 20.6 Å². The summed E-state index contributed by atoms with van der Waals surface area (Å²) in [5.74, 6) is 0. The van der Waals surface area contributed by atoms with E-state index in [2.05, 4.69) is 58.5 Å². The zero-order chi connectivity index (χ0) is 40.1. The van der Waals surface area contributed by atoms with Crippen LogP contribution in [0.4, 0.5) is 0 Å². The number of benzene rings is 6. The van der Waals surface area contributed by atoms with Gasteiger partial charge in [-0.05, 0) is 76.0 Å². The van der Waals surface area contributed by atoms with Crippen LogP contribution in [-0.2, 0) is 20.1 Å². The molecule has 0 N–H and O–H groups in total. The summed E-state index contributed by atoms with van der Waals surface area (Å²) in [5, 5.41) is 6.62. The predicted octanol–water partition coefficient (Wildman–Crippen LogP) is 11.9. The van der Waals surface area contributed by atoms with E-state index in [4.69, 9.17) is 16.8 Å². The van der Waals surface area contributed by atoms with Gasteiger partial charge in [-0.1, -0.05) is 114 Å². The van der Waals surface area contributed by atoms with Crippen molar-refractivity contribution in [2.24, 2.45) is 0 Å². The van der Waals surface area contributed by atoms with Crippen molar-refractivity contribution in [3.8, 4) is 33.6 Å². The summed E-state index contributed by atoms with van der Waals surface area (Å²) >= 11 is 0. The van der Waals surface area contributed by atoms with Crippen molar-refractivity contribution in [3.05, 3.63) is 169 Å². The van der Waals surface area contributed by atoms with E-state index in [1.807, 2.05) is 54.6 Å². The summed E-state index contributed by atoms with van der Waals surface area (Å²) in [4.78, 5) is 8.61. The molecule has 4 heteroatoms. The molecule has 0 aliphatic carbocycles. The van der Waals surface area contributed by atoms with Gasteiger partial charge in [-0.3, -0.25) is 0 Å². The summed E-state index contributed by atoms with van der Waals surface area (Å²) in [6.45, 7) is -6.67. The van der Waals surface area contributed by atoms with Gasteiger partial charge in [0, 0.05) is 50.2 Å². The van der Waals surface area contributed by atoms with E-state index in [1.165, 1.54) is 41.4 Å². The van der Waals surface area contributed by atoms with Crippen LogP contribution in [0.15, 0.2) is 144 Å². The first-order chi connectivity index (χ1) is 27.1. The van der Waals surface area contributed by atoms with Gasteiger partial charge in [-0.15, -0.1) is 47.5 Å². The Balaban J connectivity index is 0.000000177. The van der Waals surface area contributed by atoms with Gasteiger partial charge in [0.05, 0.1) is 5.58 Å². The van der Waals surface area contributed by atoms with Crippen molar-refractivity contribution in [1.82, 2.24) is 9.97 Å². The number of aromatic nitrogens is 2. The molecule has 0 amide bonds. The maximum atomic E-state index is 7.77. The quantitative estimate of drug-likeness (QED) is 0.132. The Kier molecular flexibility index (Phi) is 6.39. The normalized spacial score (nSPS) is 14.5. The average molecular weight is 818 g/mol. The molecule has 0 saturated carbocycles. The molecule has 3 nitrogen and oxygen atoms in total. The molecule has 0 aliphatic rings. The first-order valence-electron chi connectivity index (χ1n) is 19.9. The zero-order valence-electron chi connectivity index (χ0n) is 34.9. The van der Waals surface area contributed by atoms with Crippen LogP contribution in [0.1, 0.15) is 29.0 Å². The second-order valence-corrected chi connectivity index (χ2v) is 11.5. The van der Waals surface area contributed by atoms with Gasteiger partial charge in [-0.2, -0.15) is 0 Å². The van der Waals surface area contributed by atoms with E-state index in [-0.39, 0.29) is 36.8 Å². The van der Waals surface area contributed by atoms with Gasteiger partial charge < -0.3 is 14.4 Å². The molecule has 3 aromatic heterocycles. The molecule has 9 rings (SSSR count). The molecule has 49 heavy (non-hydrogen) atoms. The Morgan fingerprint density at radius 3 is 2.33 bits per heavy atom. The van der Waals surface area contributed by atoms with Crippen molar-refractivity contribution < 1.29 is 36.9 Å². The van der Waals surface area contributed by atoms with E-state index in [0.29, 0.717) is 33.7 Å². The van der Waals surface area contributed by atoms with Gasteiger partial charge in [0.25, 0.3) is 0 Å². The van der Waals surface area contributed by atoms with Crippen LogP contribution in [0.3, 0.4) is 0 Å². The van der Waals surface area contributed by atoms with E-state index in [1.54, 1.807) is 18.2 Å². The average Bonchev–Trinajstić information content (AvgIpc) is 3.57. The number of aryl methyl sites for hydroxylation is 3. The fourth-order valence-electron chi connectivity index (χ4n) is 6.05. The maximum absolute atomic E-state index is 7.77. The standard InChI is InChI=1S/C26H16NO.C19H16N.Ir/c1-16-11-12-27-24(13-16)21-8-4-7-20-23-14-18-10-9-17-5-2-3-6-19(17)22(18)15-25(23)28-26(20)21;1-14-8-11-19(20-13-14)17-10-9-15(2)18(12-17)16-6-4-3-5-7-16;/h2-7,9-15H,1H3;3-9,11-13H,1-2H3;/q2*-1;/i1D3;1D3,2D3;. The largest absolute Gasteiger partial charge is 0.501 e. The predicted molar refractivity (Wildman–Crippen MR) is 199 cm³/mol. The molecule has 0 fully saturated rings. The third kappa shape index (κ3) is 6.29. The minimum atomic E-state index is -2.27. The Bertz CT molecular complexity index is 2920. The Hall–Kier alpha value is -5.41. The monoisotopic (exact) mass is 818 g/mol. The molecule has 3 heterocycles. The Morgan fingerprint density at radius 1 is 0.633 bits per heavy atom.